The highest BCUT2D eigenvalue weighted by molar-refractivity contribution is 6.30. The van der Waals surface area contributed by atoms with E-state index in [9.17, 15) is 9.59 Å². The summed E-state index contributed by atoms with van der Waals surface area (Å²) in [6.45, 7) is 0.863. The Morgan fingerprint density at radius 2 is 2.00 bits per heavy atom. The third-order valence-electron chi connectivity index (χ3n) is 4.37. The monoisotopic (exact) mass is 398 g/mol. The number of benzene rings is 1. The lowest BCUT2D eigenvalue weighted by Crippen LogP contribution is -2.27. The first-order valence-electron chi connectivity index (χ1n) is 9.02. The van der Waals surface area contributed by atoms with Crippen molar-refractivity contribution in [2.45, 2.75) is 19.4 Å². The molecule has 0 unspecified atom stereocenters. The van der Waals surface area contributed by atoms with Gasteiger partial charge in [0.05, 0.1) is 23.5 Å². The van der Waals surface area contributed by atoms with Crippen molar-refractivity contribution in [2.75, 3.05) is 11.9 Å². The molecule has 0 spiro atoms. The minimum absolute atomic E-state index is 0.0420. The van der Waals surface area contributed by atoms with Crippen LogP contribution in [-0.2, 0) is 11.3 Å². The Labute approximate surface area is 166 Å². The molecule has 2 amide bonds. The van der Waals surface area contributed by atoms with Gasteiger partial charge in [0.25, 0.3) is 5.91 Å². The highest BCUT2D eigenvalue weighted by Crippen LogP contribution is 2.30. The highest BCUT2D eigenvalue weighted by atomic mass is 35.5. The van der Waals surface area contributed by atoms with Gasteiger partial charge in [-0.1, -0.05) is 29.8 Å². The summed E-state index contributed by atoms with van der Waals surface area (Å²) in [7, 11) is 0. The van der Waals surface area contributed by atoms with Crippen LogP contribution in [0.25, 0.3) is 5.69 Å². The van der Waals surface area contributed by atoms with E-state index in [1.807, 2.05) is 30.3 Å². The van der Waals surface area contributed by atoms with Crippen molar-refractivity contribution in [3.63, 3.8) is 0 Å². The van der Waals surface area contributed by atoms with E-state index in [0.29, 0.717) is 23.9 Å². The van der Waals surface area contributed by atoms with Crippen LogP contribution < -0.4 is 10.6 Å². The Morgan fingerprint density at radius 1 is 1.21 bits per heavy atom. The fourth-order valence-electron chi connectivity index (χ4n) is 2.76. The largest absolute Gasteiger partial charge is 0.349 e. The van der Waals surface area contributed by atoms with Crippen LogP contribution >= 0.6 is 11.6 Å². The Bertz CT molecular complexity index is 993. The molecule has 28 heavy (non-hydrogen) atoms. The maximum Gasteiger partial charge on any atom is 0.271 e. The lowest BCUT2D eigenvalue weighted by Gasteiger charge is -2.08. The molecule has 0 radical (unpaired) electrons. The molecule has 3 aromatic rings. The van der Waals surface area contributed by atoms with Crippen LogP contribution in [0.5, 0.6) is 0 Å². The standard InChI is InChI=1S/C19H19ClN6O2/c20-14-11-22-25(12-14)9-8-21-19(28)16-10-17(23-18(27)13-6-7-13)26(24-16)15-4-2-1-3-5-15/h1-5,10-13H,6-9H2,(H,21,28)(H,23,27). The molecule has 1 saturated carbocycles. The molecule has 9 heteroatoms. The first kappa shape index (κ1) is 18.2. The molecule has 2 aromatic heterocycles. The van der Waals surface area contributed by atoms with E-state index >= 15 is 0 Å². The number of rotatable bonds is 7. The van der Waals surface area contributed by atoms with E-state index in [1.165, 1.54) is 0 Å². The number of carbonyl (C=O) groups is 2. The second-order valence-electron chi connectivity index (χ2n) is 6.60. The topological polar surface area (TPSA) is 93.8 Å². The van der Waals surface area contributed by atoms with Crippen LogP contribution in [0, 0.1) is 5.92 Å². The number of aromatic nitrogens is 4. The predicted molar refractivity (Wildman–Crippen MR) is 104 cm³/mol. The summed E-state index contributed by atoms with van der Waals surface area (Å²) in [5.74, 6) is 0.166. The zero-order valence-corrected chi connectivity index (χ0v) is 15.8. The van der Waals surface area contributed by atoms with Crippen LogP contribution in [0.15, 0.2) is 48.8 Å². The maximum atomic E-state index is 12.5. The average Bonchev–Trinajstić information content (AvgIpc) is 3.35. The van der Waals surface area contributed by atoms with Crippen molar-refractivity contribution in [1.29, 1.82) is 0 Å². The van der Waals surface area contributed by atoms with E-state index in [-0.39, 0.29) is 23.4 Å². The normalized spacial score (nSPS) is 13.3. The number of anilines is 1. The number of hydrogen-bond acceptors (Lipinski definition) is 4. The molecule has 0 bridgehead atoms. The summed E-state index contributed by atoms with van der Waals surface area (Å²) >= 11 is 5.83. The zero-order chi connectivity index (χ0) is 19.5. The summed E-state index contributed by atoms with van der Waals surface area (Å²) in [4.78, 5) is 24.7. The minimum Gasteiger partial charge on any atom is -0.349 e. The average molecular weight is 399 g/mol. The predicted octanol–water partition coefficient (Wildman–Crippen LogP) is 2.50. The minimum atomic E-state index is -0.324. The Hall–Kier alpha value is -3.13. The lowest BCUT2D eigenvalue weighted by molar-refractivity contribution is -0.117. The van der Waals surface area contributed by atoms with E-state index in [4.69, 9.17) is 11.6 Å². The molecule has 144 valence electrons. The van der Waals surface area contributed by atoms with Gasteiger partial charge in [-0.25, -0.2) is 4.68 Å². The SMILES string of the molecule is O=C(NCCn1cc(Cl)cn1)c1cc(NC(=O)C2CC2)n(-c2ccccc2)n1. The summed E-state index contributed by atoms with van der Waals surface area (Å²) < 4.78 is 3.22. The first-order chi connectivity index (χ1) is 13.6. The van der Waals surface area contributed by atoms with E-state index < -0.39 is 0 Å². The summed E-state index contributed by atoms with van der Waals surface area (Å²) in [5, 5.41) is 14.7. The fourth-order valence-corrected chi connectivity index (χ4v) is 2.91. The molecule has 1 aliphatic rings. The van der Waals surface area contributed by atoms with Crippen molar-refractivity contribution >= 4 is 29.2 Å². The van der Waals surface area contributed by atoms with E-state index in [0.717, 1.165) is 18.5 Å². The molecule has 2 heterocycles. The first-order valence-corrected chi connectivity index (χ1v) is 9.40. The number of para-hydroxylation sites is 1. The third-order valence-corrected chi connectivity index (χ3v) is 4.57. The van der Waals surface area contributed by atoms with Crippen molar-refractivity contribution in [1.82, 2.24) is 24.9 Å². The van der Waals surface area contributed by atoms with Gasteiger partial charge in [-0.15, -0.1) is 0 Å². The number of halogens is 1. The molecular formula is C19H19ClN6O2. The van der Waals surface area contributed by atoms with Crippen molar-refractivity contribution < 1.29 is 9.59 Å². The Kier molecular flexibility index (Phi) is 5.12. The molecule has 0 saturated heterocycles. The van der Waals surface area contributed by atoms with Gasteiger partial charge in [0.15, 0.2) is 5.69 Å². The zero-order valence-electron chi connectivity index (χ0n) is 15.0. The molecule has 0 atom stereocenters. The van der Waals surface area contributed by atoms with Crippen molar-refractivity contribution in [3.05, 3.63) is 59.5 Å². The number of nitrogens with zero attached hydrogens (tertiary/aromatic N) is 4. The summed E-state index contributed by atoms with van der Waals surface area (Å²) in [6, 6.07) is 11.0. The Morgan fingerprint density at radius 3 is 2.68 bits per heavy atom. The quantitative estimate of drug-likeness (QED) is 0.639. The Balaban J connectivity index is 1.48. The molecule has 1 aliphatic carbocycles. The lowest BCUT2D eigenvalue weighted by atomic mass is 10.3. The summed E-state index contributed by atoms with van der Waals surface area (Å²) in [6.07, 6.45) is 5.02. The van der Waals surface area contributed by atoms with Gasteiger partial charge in [0, 0.05) is 24.7 Å². The molecule has 4 rings (SSSR count). The molecule has 2 N–H and O–H groups in total. The van der Waals surface area contributed by atoms with Crippen LogP contribution in [0.3, 0.4) is 0 Å². The van der Waals surface area contributed by atoms with Gasteiger partial charge >= 0.3 is 0 Å². The van der Waals surface area contributed by atoms with Gasteiger partial charge in [0.1, 0.15) is 5.82 Å². The summed E-state index contributed by atoms with van der Waals surface area (Å²) in [5.41, 5.74) is 0.993. The van der Waals surface area contributed by atoms with Gasteiger partial charge in [-0.2, -0.15) is 10.2 Å². The number of nitrogens with one attached hydrogen (secondary N) is 2. The second kappa shape index (κ2) is 7.85. The van der Waals surface area contributed by atoms with Crippen molar-refractivity contribution in [2.24, 2.45) is 5.92 Å². The van der Waals surface area contributed by atoms with E-state index in [1.54, 1.807) is 27.8 Å². The number of amides is 2. The molecule has 1 aromatic carbocycles. The fraction of sp³-hybridized carbons (Fsp3) is 0.263. The second-order valence-corrected chi connectivity index (χ2v) is 7.04. The van der Waals surface area contributed by atoms with Crippen LogP contribution in [0.4, 0.5) is 5.82 Å². The molecule has 1 fully saturated rings. The maximum absolute atomic E-state index is 12.5. The van der Waals surface area contributed by atoms with Gasteiger partial charge in [-0.3, -0.25) is 14.3 Å². The number of hydrogen-bond donors (Lipinski definition) is 2. The van der Waals surface area contributed by atoms with Crippen LogP contribution in [0.2, 0.25) is 5.02 Å². The van der Waals surface area contributed by atoms with Gasteiger partial charge in [-0.05, 0) is 25.0 Å². The number of carbonyl (C=O) groups excluding carboxylic acids is 2. The molecule has 8 nitrogen and oxygen atoms in total. The smallest absolute Gasteiger partial charge is 0.271 e. The molecule has 0 aliphatic heterocycles. The van der Waals surface area contributed by atoms with Crippen LogP contribution in [0.1, 0.15) is 23.3 Å². The van der Waals surface area contributed by atoms with E-state index in [2.05, 4.69) is 20.8 Å². The van der Waals surface area contributed by atoms with Crippen molar-refractivity contribution in [3.8, 4) is 5.69 Å². The highest BCUT2D eigenvalue weighted by Gasteiger charge is 2.30. The third kappa shape index (κ3) is 4.23. The van der Waals surface area contributed by atoms with Crippen LogP contribution in [-0.4, -0.2) is 37.9 Å². The van der Waals surface area contributed by atoms with Gasteiger partial charge in [0.2, 0.25) is 5.91 Å². The van der Waals surface area contributed by atoms with Gasteiger partial charge < -0.3 is 10.6 Å². The molecular weight excluding hydrogens is 380 g/mol.